The van der Waals surface area contributed by atoms with Crippen LogP contribution < -0.4 is 4.74 Å². The summed E-state index contributed by atoms with van der Waals surface area (Å²) in [5, 5.41) is 0. The zero-order chi connectivity index (χ0) is 11.0. The average Bonchev–Trinajstić information content (AvgIpc) is 2.98. The quantitative estimate of drug-likeness (QED) is 0.834. The minimum Gasteiger partial charge on any atom is -0.493 e. The summed E-state index contributed by atoms with van der Waals surface area (Å²) in [4.78, 5) is 7.30. The van der Waals surface area contributed by atoms with E-state index in [0.717, 1.165) is 24.5 Å². The number of aromatic amines is 1. The van der Waals surface area contributed by atoms with Gasteiger partial charge in [-0.05, 0) is 5.56 Å². The highest BCUT2D eigenvalue weighted by molar-refractivity contribution is 5.47. The van der Waals surface area contributed by atoms with Gasteiger partial charge >= 0.3 is 0 Å². The van der Waals surface area contributed by atoms with E-state index in [4.69, 9.17) is 4.74 Å². The van der Waals surface area contributed by atoms with Crippen LogP contribution in [0.1, 0.15) is 29.7 Å². The molecule has 1 atom stereocenters. The van der Waals surface area contributed by atoms with Gasteiger partial charge in [0.15, 0.2) is 0 Å². The lowest BCUT2D eigenvalue weighted by Gasteiger charge is -2.13. The van der Waals surface area contributed by atoms with E-state index in [1.807, 2.05) is 6.20 Å². The largest absolute Gasteiger partial charge is 0.493 e. The second-order valence-electron chi connectivity index (χ2n) is 4.15. The normalized spacial score (nSPS) is 15.6. The number of hydrogen-bond donors (Lipinski definition) is 1. The summed E-state index contributed by atoms with van der Waals surface area (Å²) in [6.07, 6.45) is 4.69. The van der Waals surface area contributed by atoms with Gasteiger partial charge in [-0.25, -0.2) is 4.98 Å². The van der Waals surface area contributed by atoms with Crippen LogP contribution in [0.5, 0.6) is 5.75 Å². The molecule has 1 N–H and O–H groups in total. The van der Waals surface area contributed by atoms with Crippen molar-refractivity contribution in [1.29, 1.82) is 0 Å². The molecule has 0 amide bonds. The number of nitrogens with one attached hydrogen (secondary N) is 1. The van der Waals surface area contributed by atoms with Crippen LogP contribution in [0.15, 0.2) is 30.7 Å². The maximum absolute atomic E-state index is 5.71. The predicted octanol–water partition coefficient (Wildman–Crippen LogP) is 2.50. The molecule has 1 aliphatic heterocycles. The summed E-state index contributed by atoms with van der Waals surface area (Å²) in [6, 6.07) is 6.37. The Balaban J connectivity index is 2.04. The van der Waals surface area contributed by atoms with Crippen LogP contribution in [0.25, 0.3) is 0 Å². The van der Waals surface area contributed by atoms with Gasteiger partial charge in [-0.3, -0.25) is 0 Å². The van der Waals surface area contributed by atoms with Crippen molar-refractivity contribution < 1.29 is 4.74 Å². The van der Waals surface area contributed by atoms with E-state index in [-0.39, 0.29) is 5.92 Å². The van der Waals surface area contributed by atoms with Gasteiger partial charge in [0, 0.05) is 24.1 Å². The summed E-state index contributed by atoms with van der Waals surface area (Å²) < 4.78 is 5.71. The monoisotopic (exact) mass is 214 g/mol. The fourth-order valence-electron chi connectivity index (χ4n) is 2.25. The van der Waals surface area contributed by atoms with E-state index in [1.165, 1.54) is 11.1 Å². The second-order valence-corrected chi connectivity index (χ2v) is 4.15. The van der Waals surface area contributed by atoms with Crippen LogP contribution in [-0.4, -0.2) is 16.6 Å². The molecule has 2 heterocycles. The molecule has 1 aliphatic rings. The molecule has 0 spiro atoms. The van der Waals surface area contributed by atoms with Crippen molar-refractivity contribution in [3.8, 4) is 5.75 Å². The second kappa shape index (κ2) is 3.67. The lowest BCUT2D eigenvalue weighted by atomic mass is 9.95. The Morgan fingerprint density at radius 3 is 3.19 bits per heavy atom. The van der Waals surface area contributed by atoms with Gasteiger partial charge in [0.25, 0.3) is 0 Å². The first-order chi connectivity index (χ1) is 7.86. The van der Waals surface area contributed by atoms with Crippen LogP contribution in [0.3, 0.4) is 0 Å². The van der Waals surface area contributed by atoms with E-state index in [2.05, 4.69) is 35.1 Å². The van der Waals surface area contributed by atoms with Crippen LogP contribution >= 0.6 is 0 Å². The Morgan fingerprint density at radius 2 is 2.38 bits per heavy atom. The number of imidazole rings is 1. The molecule has 0 saturated carbocycles. The van der Waals surface area contributed by atoms with Crippen LogP contribution in [-0.2, 0) is 6.42 Å². The van der Waals surface area contributed by atoms with Crippen molar-refractivity contribution in [2.75, 3.05) is 6.61 Å². The van der Waals surface area contributed by atoms with Crippen molar-refractivity contribution in [1.82, 2.24) is 9.97 Å². The number of hydrogen-bond acceptors (Lipinski definition) is 2. The van der Waals surface area contributed by atoms with Crippen molar-refractivity contribution in [3.05, 3.63) is 47.5 Å². The van der Waals surface area contributed by atoms with Gasteiger partial charge in [-0.15, -0.1) is 0 Å². The molecule has 1 unspecified atom stereocenters. The van der Waals surface area contributed by atoms with Gasteiger partial charge in [0.1, 0.15) is 5.75 Å². The molecule has 2 aromatic rings. The van der Waals surface area contributed by atoms with Crippen molar-refractivity contribution >= 4 is 0 Å². The lowest BCUT2D eigenvalue weighted by molar-refractivity contribution is 0.352. The highest BCUT2D eigenvalue weighted by Gasteiger charge is 2.21. The van der Waals surface area contributed by atoms with E-state index < -0.39 is 0 Å². The van der Waals surface area contributed by atoms with Gasteiger partial charge in [0.2, 0.25) is 0 Å². The topological polar surface area (TPSA) is 37.9 Å². The Labute approximate surface area is 94.5 Å². The maximum atomic E-state index is 5.71. The molecule has 82 valence electrons. The SMILES string of the molecule is CC(c1c[nH]cn1)c1cccc2c1OCC2. The van der Waals surface area contributed by atoms with Crippen LogP contribution in [0.4, 0.5) is 0 Å². The molecular formula is C13H14N2O. The molecule has 0 radical (unpaired) electrons. The Morgan fingerprint density at radius 1 is 1.44 bits per heavy atom. The number of ether oxygens (including phenoxy) is 1. The van der Waals surface area contributed by atoms with Crippen molar-refractivity contribution in [3.63, 3.8) is 0 Å². The molecule has 16 heavy (non-hydrogen) atoms. The third kappa shape index (κ3) is 1.40. The van der Waals surface area contributed by atoms with Crippen LogP contribution in [0.2, 0.25) is 0 Å². The third-order valence-corrected chi connectivity index (χ3v) is 3.17. The first-order valence-electron chi connectivity index (χ1n) is 5.59. The maximum Gasteiger partial charge on any atom is 0.126 e. The summed E-state index contributed by atoms with van der Waals surface area (Å²) in [5.74, 6) is 1.34. The first-order valence-corrected chi connectivity index (χ1v) is 5.59. The fraction of sp³-hybridized carbons (Fsp3) is 0.308. The van der Waals surface area contributed by atoms with Crippen molar-refractivity contribution in [2.24, 2.45) is 0 Å². The number of nitrogens with zero attached hydrogens (tertiary/aromatic N) is 1. The Kier molecular flexibility index (Phi) is 2.17. The van der Waals surface area contributed by atoms with E-state index in [9.17, 15) is 0 Å². The zero-order valence-electron chi connectivity index (χ0n) is 9.23. The molecule has 1 aromatic heterocycles. The third-order valence-electron chi connectivity index (χ3n) is 3.17. The zero-order valence-corrected chi connectivity index (χ0v) is 9.23. The number of H-pyrrole nitrogens is 1. The van der Waals surface area contributed by atoms with Crippen molar-refractivity contribution in [2.45, 2.75) is 19.3 Å². The molecule has 3 rings (SSSR count). The number of rotatable bonds is 2. The molecule has 1 aromatic carbocycles. The highest BCUT2D eigenvalue weighted by atomic mass is 16.5. The van der Waals surface area contributed by atoms with Crippen LogP contribution in [0, 0.1) is 0 Å². The Bertz CT molecular complexity index is 491. The Hall–Kier alpha value is -1.77. The fourth-order valence-corrected chi connectivity index (χ4v) is 2.25. The molecule has 0 aliphatic carbocycles. The summed E-state index contributed by atoms with van der Waals surface area (Å²) in [6.45, 7) is 2.97. The molecule has 3 nitrogen and oxygen atoms in total. The summed E-state index contributed by atoms with van der Waals surface area (Å²) in [5.41, 5.74) is 3.62. The van der Waals surface area contributed by atoms with Gasteiger partial charge in [-0.1, -0.05) is 25.1 Å². The number of fused-ring (bicyclic) bond motifs is 1. The van der Waals surface area contributed by atoms with E-state index in [0.29, 0.717) is 0 Å². The standard InChI is InChI=1S/C13H14N2O/c1-9(12-7-14-8-15-12)11-4-2-3-10-5-6-16-13(10)11/h2-4,7-9H,5-6H2,1H3,(H,14,15). The average molecular weight is 214 g/mol. The first kappa shape index (κ1) is 9.46. The molecule has 3 heteroatoms. The van der Waals surface area contributed by atoms with Gasteiger partial charge < -0.3 is 9.72 Å². The van der Waals surface area contributed by atoms with Gasteiger partial charge in [-0.2, -0.15) is 0 Å². The number of benzene rings is 1. The number of para-hydroxylation sites is 1. The van der Waals surface area contributed by atoms with E-state index in [1.54, 1.807) is 6.33 Å². The molecule has 0 saturated heterocycles. The highest BCUT2D eigenvalue weighted by Crippen LogP contribution is 2.36. The summed E-state index contributed by atoms with van der Waals surface area (Å²) in [7, 11) is 0. The predicted molar refractivity (Wildman–Crippen MR) is 61.7 cm³/mol. The molecular weight excluding hydrogens is 200 g/mol. The summed E-state index contributed by atoms with van der Waals surface area (Å²) >= 11 is 0. The lowest BCUT2D eigenvalue weighted by Crippen LogP contribution is -1.99. The van der Waals surface area contributed by atoms with Gasteiger partial charge in [0.05, 0.1) is 18.6 Å². The smallest absolute Gasteiger partial charge is 0.126 e. The molecule has 0 bridgehead atoms. The molecule has 0 fully saturated rings. The van der Waals surface area contributed by atoms with E-state index >= 15 is 0 Å². The minimum atomic E-state index is 0.277. The minimum absolute atomic E-state index is 0.277. The number of aromatic nitrogens is 2.